The first-order chi connectivity index (χ1) is 12.0. The van der Waals surface area contributed by atoms with E-state index in [1.807, 2.05) is 31.2 Å². The van der Waals surface area contributed by atoms with E-state index in [1.54, 1.807) is 31.2 Å². The zero-order chi connectivity index (χ0) is 18.2. The van der Waals surface area contributed by atoms with Crippen molar-refractivity contribution in [2.24, 2.45) is 0 Å². The van der Waals surface area contributed by atoms with Crippen molar-refractivity contribution in [1.29, 1.82) is 0 Å². The van der Waals surface area contributed by atoms with Gasteiger partial charge in [-0.1, -0.05) is 19.1 Å². The summed E-state index contributed by atoms with van der Waals surface area (Å²) in [5.74, 6) is -0.240. The molecule has 0 bridgehead atoms. The van der Waals surface area contributed by atoms with Gasteiger partial charge in [-0.25, -0.2) is 4.79 Å². The van der Waals surface area contributed by atoms with Gasteiger partial charge in [0.1, 0.15) is 5.75 Å². The second kappa shape index (κ2) is 8.87. The highest BCUT2D eigenvalue weighted by molar-refractivity contribution is 5.97. The Morgan fingerprint density at radius 3 is 2.20 bits per heavy atom. The Bertz CT molecular complexity index is 707. The number of rotatable bonds is 7. The minimum absolute atomic E-state index is 0.371. The highest BCUT2D eigenvalue weighted by Gasteiger charge is 2.19. The fourth-order valence-electron chi connectivity index (χ4n) is 2.20. The first-order valence-corrected chi connectivity index (χ1v) is 8.37. The Balaban J connectivity index is 1.91. The monoisotopic (exact) mass is 341 g/mol. The number of amides is 1. The summed E-state index contributed by atoms with van der Waals surface area (Å²) in [6, 6.07) is 14.2. The van der Waals surface area contributed by atoms with Crippen molar-refractivity contribution in [3.05, 3.63) is 59.7 Å². The number of hydrogen-bond acceptors (Lipinski definition) is 4. The number of ether oxygens (including phenoxy) is 2. The topological polar surface area (TPSA) is 64.6 Å². The van der Waals surface area contributed by atoms with Crippen LogP contribution in [0.15, 0.2) is 48.5 Å². The molecule has 0 heterocycles. The fraction of sp³-hybridized carbons (Fsp3) is 0.300. The van der Waals surface area contributed by atoms with E-state index in [-0.39, 0.29) is 5.91 Å². The molecule has 0 spiro atoms. The zero-order valence-corrected chi connectivity index (χ0v) is 14.7. The van der Waals surface area contributed by atoms with Crippen molar-refractivity contribution in [3.63, 3.8) is 0 Å². The number of aryl methyl sites for hydroxylation is 1. The van der Waals surface area contributed by atoms with E-state index in [0.717, 1.165) is 6.42 Å². The maximum absolute atomic E-state index is 12.2. The van der Waals surface area contributed by atoms with E-state index in [4.69, 9.17) is 9.47 Å². The molecule has 0 fully saturated rings. The van der Waals surface area contributed by atoms with Crippen LogP contribution in [0.3, 0.4) is 0 Å². The summed E-state index contributed by atoms with van der Waals surface area (Å²) < 4.78 is 10.5. The summed E-state index contributed by atoms with van der Waals surface area (Å²) in [5.41, 5.74) is 2.23. The van der Waals surface area contributed by atoms with Crippen molar-refractivity contribution in [3.8, 4) is 5.75 Å². The van der Waals surface area contributed by atoms with Gasteiger partial charge in [0.25, 0.3) is 5.91 Å². The molecule has 0 aliphatic heterocycles. The summed E-state index contributed by atoms with van der Waals surface area (Å²) >= 11 is 0. The highest BCUT2D eigenvalue weighted by atomic mass is 16.5. The van der Waals surface area contributed by atoms with E-state index in [2.05, 4.69) is 12.2 Å². The third kappa shape index (κ3) is 5.35. The van der Waals surface area contributed by atoms with Crippen LogP contribution in [0.4, 0.5) is 5.69 Å². The maximum atomic E-state index is 12.2. The van der Waals surface area contributed by atoms with Crippen molar-refractivity contribution in [2.45, 2.75) is 33.3 Å². The van der Waals surface area contributed by atoms with Crippen molar-refractivity contribution in [1.82, 2.24) is 0 Å². The van der Waals surface area contributed by atoms with Crippen LogP contribution in [0.5, 0.6) is 5.75 Å². The minimum atomic E-state index is -0.898. The van der Waals surface area contributed by atoms with Gasteiger partial charge in [0, 0.05) is 5.69 Å². The highest BCUT2D eigenvalue weighted by Crippen LogP contribution is 2.14. The lowest BCUT2D eigenvalue weighted by Crippen LogP contribution is -2.30. The number of esters is 1. The summed E-state index contributed by atoms with van der Waals surface area (Å²) in [7, 11) is 0. The Morgan fingerprint density at radius 1 is 1.00 bits per heavy atom. The Morgan fingerprint density at radius 2 is 1.64 bits per heavy atom. The second-order valence-corrected chi connectivity index (χ2v) is 5.54. The van der Waals surface area contributed by atoms with Crippen LogP contribution in [0, 0.1) is 0 Å². The third-order valence-corrected chi connectivity index (χ3v) is 3.68. The molecule has 25 heavy (non-hydrogen) atoms. The van der Waals surface area contributed by atoms with Gasteiger partial charge in [-0.2, -0.15) is 0 Å². The Hall–Kier alpha value is -2.82. The average molecular weight is 341 g/mol. The van der Waals surface area contributed by atoms with Crippen molar-refractivity contribution >= 4 is 17.6 Å². The zero-order valence-electron chi connectivity index (χ0n) is 14.7. The van der Waals surface area contributed by atoms with E-state index < -0.39 is 12.1 Å². The van der Waals surface area contributed by atoms with Crippen LogP contribution in [0.2, 0.25) is 0 Å². The van der Waals surface area contributed by atoms with Crippen LogP contribution >= 0.6 is 0 Å². The first-order valence-electron chi connectivity index (χ1n) is 8.37. The number of anilines is 1. The molecule has 2 aromatic rings. The van der Waals surface area contributed by atoms with Crippen LogP contribution < -0.4 is 10.1 Å². The molecule has 0 radical (unpaired) electrons. The van der Waals surface area contributed by atoms with Gasteiger partial charge in [0.15, 0.2) is 6.10 Å². The second-order valence-electron chi connectivity index (χ2n) is 5.54. The lowest BCUT2D eigenvalue weighted by Gasteiger charge is -2.14. The molecule has 2 aromatic carbocycles. The van der Waals surface area contributed by atoms with E-state index in [9.17, 15) is 9.59 Å². The number of carbonyl (C=O) groups is 2. The number of carbonyl (C=O) groups excluding carboxylic acids is 2. The predicted octanol–water partition coefficient (Wildman–Crippen LogP) is 3.83. The van der Waals surface area contributed by atoms with Crippen LogP contribution in [0.1, 0.15) is 36.7 Å². The normalized spacial score (nSPS) is 11.5. The minimum Gasteiger partial charge on any atom is -0.494 e. The molecule has 5 heteroatoms. The third-order valence-electron chi connectivity index (χ3n) is 3.68. The van der Waals surface area contributed by atoms with Gasteiger partial charge in [0.05, 0.1) is 12.2 Å². The fourth-order valence-corrected chi connectivity index (χ4v) is 2.20. The molecule has 0 unspecified atom stereocenters. The van der Waals surface area contributed by atoms with Crippen molar-refractivity contribution in [2.75, 3.05) is 11.9 Å². The number of hydrogen-bond donors (Lipinski definition) is 1. The standard InChI is InChI=1S/C20H23NO4/c1-4-15-6-10-17(11-7-15)21-19(22)14(3)25-20(23)16-8-12-18(13-9-16)24-5-2/h6-14H,4-5H2,1-3H3,(H,21,22)/t14-/m0/s1. The van der Waals surface area contributed by atoms with Gasteiger partial charge in [0.2, 0.25) is 0 Å². The smallest absolute Gasteiger partial charge is 0.338 e. The van der Waals surface area contributed by atoms with E-state index in [0.29, 0.717) is 23.6 Å². The largest absolute Gasteiger partial charge is 0.494 e. The summed E-state index contributed by atoms with van der Waals surface area (Å²) in [5, 5.41) is 2.74. The lowest BCUT2D eigenvalue weighted by atomic mass is 10.1. The summed E-state index contributed by atoms with van der Waals surface area (Å²) in [6.45, 7) is 6.05. The summed E-state index contributed by atoms with van der Waals surface area (Å²) in [6.07, 6.45) is 0.0366. The van der Waals surface area contributed by atoms with Gasteiger partial charge < -0.3 is 14.8 Å². The molecule has 0 aromatic heterocycles. The van der Waals surface area contributed by atoms with Crippen LogP contribution in [-0.4, -0.2) is 24.6 Å². The molecule has 1 amide bonds. The van der Waals surface area contributed by atoms with E-state index in [1.165, 1.54) is 5.56 Å². The van der Waals surface area contributed by atoms with Crippen LogP contribution in [0.25, 0.3) is 0 Å². The quantitative estimate of drug-likeness (QED) is 0.777. The van der Waals surface area contributed by atoms with Crippen LogP contribution in [-0.2, 0) is 16.0 Å². The molecular formula is C20H23NO4. The van der Waals surface area contributed by atoms with Crippen molar-refractivity contribution < 1.29 is 19.1 Å². The molecule has 1 atom stereocenters. The van der Waals surface area contributed by atoms with Gasteiger partial charge in [-0.05, 0) is 62.2 Å². The molecule has 5 nitrogen and oxygen atoms in total. The summed E-state index contributed by atoms with van der Waals surface area (Å²) in [4.78, 5) is 24.3. The maximum Gasteiger partial charge on any atom is 0.338 e. The Labute approximate surface area is 148 Å². The molecule has 2 rings (SSSR count). The molecule has 0 saturated carbocycles. The van der Waals surface area contributed by atoms with Gasteiger partial charge in [-0.3, -0.25) is 4.79 Å². The Kier molecular flexibility index (Phi) is 6.57. The molecular weight excluding hydrogens is 318 g/mol. The lowest BCUT2D eigenvalue weighted by molar-refractivity contribution is -0.123. The molecule has 0 aliphatic rings. The first kappa shape index (κ1) is 18.5. The van der Waals surface area contributed by atoms with Gasteiger partial charge in [-0.15, -0.1) is 0 Å². The number of nitrogens with one attached hydrogen (secondary N) is 1. The molecule has 1 N–H and O–H groups in total. The predicted molar refractivity (Wildman–Crippen MR) is 96.9 cm³/mol. The van der Waals surface area contributed by atoms with E-state index >= 15 is 0 Å². The SMILES string of the molecule is CCOc1ccc(C(=O)O[C@@H](C)C(=O)Nc2ccc(CC)cc2)cc1. The number of benzene rings is 2. The molecule has 0 saturated heterocycles. The molecule has 132 valence electrons. The molecule has 0 aliphatic carbocycles. The van der Waals surface area contributed by atoms with Gasteiger partial charge >= 0.3 is 5.97 Å². The average Bonchev–Trinajstić information content (AvgIpc) is 2.63.